The van der Waals surface area contributed by atoms with Crippen LogP contribution in [0.25, 0.3) is 11.1 Å². The minimum atomic E-state index is -3.58. The molecule has 10 rings (SSSR count). The molecule has 0 amide bonds. The Morgan fingerprint density at radius 3 is 0.715 bits per heavy atom. The molecule has 27 heteroatoms. The molecular formula is C110H137N3O23S. The highest BCUT2D eigenvalue weighted by Gasteiger charge is 2.20. The van der Waals surface area contributed by atoms with Gasteiger partial charge in [0, 0.05) is 54.9 Å². The monoisotopic (exact) mass is 1900 g/mol. The van der Waals surface area contributed by atoms with Gasteiger partial charge in [-0.25, -0.2) is 27.6 Å². The maximum Gasteiger partial charge on any atom is 0.338 e. The van der Waals surface area contributed by atoms with E-state index in [2.05, 4.69) is 16.3 Å². The maximum atomic E-state index is 12.9. The predicted octanol–water partition coefficient (Wildman–Crippen LogP) is 25.2. The molecular weight excluding hydrogens is 1760 g/mol. The molecule has 0 saturated carbocycles. The summed E-state index contributed by atoms with van der Waals surface area (Å²) in [5, 5.41) is 17.4. The number of ether oxygens (including phenoxy) is 17. The number of methoxy groups -OCH3 is 8. The molecule has 0 N–H and O–H groups in total. The van der Waals surface area contributed by atoms with Crippen LogP contribution < -0.4 is 42.6 Å². The lowest BCUT2D eigenvalue weighted by Gasteiger charge is -2.10. The van der Waals surface area contributed by atoms with Crippen molar-refractivity contribution in [1.82, 2.24) is 0 Å². The lowest BCUT2D eigenvalue weighted by atomic mass is 10.0. The van der Waals surface area contributed by atoms with Crippen molar-refractivity contribution in [1.29, 1.82) is 5.26 Å². The van der Waals surface area contributed by atoms with Gasteiger partial charge in [0.1, 0.15) is 57.5 Å². The zero-order valence-corrected chi connectivity index (χ0v) is 81.9. The van der Waals surface area contributed by atoms with Gasteiger partial charge in [-0.2, -0.15) is 15.5 Å². The fourth-order valence-corrected chi connectivity index (χ4v) is 14.7. The van der Waals surface area contributed by atoms with Gasteiger partial charge in [0.05, 0.1) is 136 Å². The van der Waals surface area contributed by atoms with E-state index in [1.807, 2.05) is 153 Å². The Balaban J connectivity index is 0.000000249. The van der Waals surface area contributed by atoms with E-state index in [1.54, 1.807) is 101 Å². The van der Waals surface area contributed by atoms with E-state index in [4.69, 9.17) is 85.8 Å². The van der Waals surface area contributed by atoms with Gasteiger partial charge in [-0.05, 0) is 341 Å². The number of benzene rings is 10. The second-order valence-electron chi connectivity index (χ2n) is 31.9. The van der Waals surface area contributed by atoms with Gasteiger partial charge in [0.25, 0.3) is 0 Å². The van der Waals surface area contributed by atoms with Crippen LogP contribution in [0.1, 0.15) is 207 Å². The van der Waals surface area contributed by atoms with E-state index in [1.165, 1.54) is 71.8 Å². The molecule has 10 aromatic rings. The minimum Gasteiger partial charge on any atom is -0.494 e. The number of carbonyl (C=O) groups excluding carboxylic acids is 4. The molecule has 736 valence electrons. The molecule has 26 nitrogen and oxygen atoms in total. The highest BCUT2D eigenvalue weighted by molar-refractivity contribution is 7.91. The molecule has 0 heterocycles. The Bertz CT molecular complexity index is 5020. The number of aryl methyl sites for hydroxylation is 1. The van der Waals surface area contributed by atoms with Crippen LogP contribution >= 0.6 is 0 Å². The van der Waals surface area contributed by atoms with Crippen molar-refractivity contribution < 1.29 is 108 Å². The summed E-state index contributed by atoms with van der Waals surface area (Å²) in [6, 6.07) is 70.8. The fourth-order valence-electron chi connectivity index (χ4n) is 13.5. The van der Waals surface area contributed by atoms with Crippen molar-refractivity contribution in [2.75, 3.05) is 136 Å². The molecule has 0 unspecified atom stereocenters. The standard InChI is InChI=1S/C29H32N2O6.C29H29NO6.C26H38O6S.C26H38O5/c1-21-8-10-24(11-9-21)30-31-25-12-14-26(15-13-25)36-16-6-4-5-7-17-37-27-19-22(28(32)34-2)18-23(20-27)29(33)35-3;1-33-28(31)24-17-25(29(32)34-2)19-27(18-24)36-16-6-4-3-5-15-35-26-13-11-23(12-14-26)22-9-7-21(20-30)8-10-22;1-29-19-7-3-5-9-21-31-23-11-15-25(16-12-23)33(27,28)26-17-13-24(14-18-26)32-22-10-6-4-8-20-30-2;1-27-19-7-3-5-9-21-29-23-11-15-25(16-12-23)31-26-17-13-24(14-18-26)30-22-10-6-4-8-20-28-2/h8-15,18-20H,4-7,16-17H2,1-3H3;7-14,17-19H,3-6,15-16H2,1-2H3;11-18H,3-10,19-22H2,1-2H3;11-18H,3-10,19-22H2,1-2H3. The first-order chi connectivity index (χ1) is 66.9. The molecule has 10 aromatic carbocycles. The molecule has 0 aliphatic heterocycles. The number of sulfone groups is 1. The van der Waals surface area contributed by atoms with Gasteiger partial charge >= 0.3 is 23.9 Å². The molecule has 0 aliphatic rings. The number of hydrogen-bond acceptors (Lipinski definition) is 26. The maximum absolute atomic E-state index is 12.9. The van der Waals surface area contributed by atoms with E-state index in [0.717, 1.165) is 225 Å². The largest absolute Gasteiger partial charge is 0.494 e. The predicted molar refractivity (Wildman–Crippen MR) is 530 cm³/mol. The van der Waals surface area contributed by atoms with E-state index >= 15 is 0 Å². The van der Waals surface area contributed by atoms with E-state index in [0.29, 0.717) is 68.2 Å². The van der Waals surface area contributed by atoms with E-state index in [9.17, 15) is 27.6 Å². The highest BCUT2D eigenvalue weighted by atomic mass is 32.2. The number of esters is 4. The van der Waals surface area contributed by atoms with Crippen molar-refractivity contribution in [2.45, 2.75) is 171 Å². The van der Waals surface area contributed by atoms with Crippen molar-refractivity contribution in [3.63, 3.8) is 0 Å². The summed E-state index contributed by atoms with van der Waals surface area (Å²) >= 11 is 0. The van der Waals surface area contributed by atoms with Crippen LogP contribution in [0.5, 0.6) is 57.5 Å². The zero-order chi connectivity index (χ0) is 98.0. The number of nitriles is 1. The average Bonchev–Trinajstić information content (AvgIpc) is 0.798. The smallest absolute Gasteiger partial charge is 0.338 e. The number of hydrogen-bond donors (Lipinski definition) is 0. The number of unbranched alkanes of at least 4 members (excludes halogenated alkanes) is 18. The Morgan fingerprint density at radius 2 is 0.467 bits per heavy atom. The number of carbonyl (C=O) groups is 4. The third kappa shape index (κ3) is 45.1. The second kappa shape index (κ2) is 67.4. The van der Waals surface area contributed by atoms with Crippen LogP contribution in [0, 0.1) is 18.3 Å². The third-order valence-corrected chi connectivity index (χ3v) is 23.0. The molecule has 0 bridgehead atoms. The summed E-state index contributed by atoms with van der Waals surface area (Å²) in [6.07, 6.45) is 24.9. The van der Waals surface area contributed by atoms with Gasteiger partial charge in [0.15, 0.2) is 0 Å². The van der Waals surface area contributed by atoms with Crippen molar-refractivity contribution in [3.8, 4) is 74.7 Å². The van der Waals surface area contributed by atoms with Crippen LogP contribution in [0.2, 0.25) is 0 Å². The van der Waals surface area contributed by atoms with Crippen LogP contribution in [-0.4, -0.2) is 168 Å². The van der Waals surface area contributed by atoms with Gasteiger partial charge < -0.3 is 80.5 Å². The quantitative estimate of drug-likeness (QED) is 0.0148. The zero-order valence-electron chi connectivity index (χ0n) is 81.0. The minimum absolute atomic E-state index is 0.234. The fraction of sp³-hybridized carbons (Fsp3) is 0.409. The first-order valence-corrected chi connectivity index (χ1v) is 48.5. The first kappa shape index (κ1) is 111. The van der Waals surface area contributed by atoms with E-state index < -0.39 is 33.7 Å². The van der Waals surface area contributed by atoms with Crippen molar-refractivity contribution in [3.05, 3.63) is 264 Å². The number of azo groups is 1. The van der Waals surface area contributed by atoms with E-state index in [-0.39, 0.29) is 32.0 Å². The van der Waals surface area contributed by atoms with Crippen molar-refractivity contribution >= 4 is 45.1 Å². The van der Waals surface area contributed by atoms with Crippen molar-refractivity contribution in [2.24, 2.45) is 10.2 Å². The first-order valence-electron chi connectivity index (χ1n) is 47.1. The Morgan fingerprint density at radius 1 is 0.255 bits per heavy atom. The van der Waals surface area contributed by atoms with Gasteiger partial charge in [-0.15, -0.1) is 0 Å². The highest BCUT2D eigenvalue weighted by Crippen LogP contribution is 2.31. The molecule has 0 atom stereocenters. The normalized spacial score (nSPS) is 10.8. The Hall–Kier alpha value is -12.8. The Kier molecular flexibility index (Phi) is 54.7. The molecule has 0 saturated heterocycles. The molecule has 0 aromatic heterocycles. The van der Waals surface area contributed by atoms with Crippen LogP contribution in [0.3, 0.4) is 0 Å². The molecule has 137 heavy (non-hydrogen) atoms. The SMILES string of the molecule is COC(=O)c1cc(OCCCCCCOc2ccc(-c3ccc(C#N)cc3)cc2)cc(C(=O)OC)c1.COC(=O)c1cc(OCCCCCCOc2ccc(N=Nc3ccc(C)cc3)cc2)cc(C(=O)OC)c1.COCCCCCCOc1ccc(Oc2ccc(OCCCCCCOC)cc2)cc1.COCCCCCCOc1ccc(S(=O)(=O)c2ccc(OCCCCCCOC)cc2)cc1. The topological polar surface area (TPSA) is 308 Å². The van der Waals surface area contributed by atoms with Gasteiger partial charge in [-0.3, -0.25) is 0 Å². The second-order valence-corrected chi connectivity index (χ2v) is 33.9. The molecule has 0 aliphatic carbocycles. The summed E-state index contributed by atoms with van der Waals surface area (Å²) in [4.78, 5) is 48.0. The van der Waals surface area contributed by atoms with Gasteiger partial charge in [0.2, 0.25) is 9.84 Å². The number of rotatable bonds is 61. The Labute approximate surface area is 809 Å². The summed E-state index contributed by atoms with van der Waals surface area (Å²) in [5.41, 5.74) is 6.48. The summed E-state index contributed by atoms with van der Waals surface area (Å²) in [7, 11) is 8.47. The lowest BCUT2D eigenvalue weighted by molar-refractivity contribution is 0.0580. The average molecular weight is 1900 g/mol. The molecule has 0 fully saturated rings. The van der Waals surface area contributed by atoms with Crippen LogP contribution in [0.15, 0.2) is 251 Å². The molecule has 0 spiro atoms. The molecule has 0 radical (unpaired) electrons. The van der Waals surface area contributed by atoms with Crippen LogP contribution in [-0.2, 0) is 47.7 Å². The summed E-state index contributed by atoms with van der Waals surface area (Å²) in [5.74, 6) is 4.96. The summed E-state index contributed by atoms with van der Waals surface area (Å²) in [6.45, 7) is 10.2. The van der Waals surface area contributed by atoms with Crippen LogP contribution in [0.4, 0.5) is 11.4 Å². The summed E-state index contributed by atoms with van der Waals surface area (Å²) < 4.78 is 117. The van der Waals surface area contributed by atoms with Gasteiger partial charge in [-0.1, -0.05) is 67.6 Å². The third-order valence-electron chi connectivity index (χ3n) is 21.2. The lowest BCUT2D eigenvalue weighted by Crippen LogP contribution is -2.08. The number of nitrogens with zero attached hydrogens (tertiary/aromatic N) is 3.